The highest BCUT2D eigenvalue weighted by Gasteiger charge is 2.03. The monoisotopic (exact) mass is 186 g/mol. The third kappa shape index (κ3) is 1.44. The maximum Gasteiger partial charge on any atom is 0.272 e. The van der Waals surface area contributed by atoms with Gasteiger partial charge in [0.05, 0.1) is 5.56 Å². The van der Waals surface area contributed by atoms with E-state index < -0.39 is 0 Å². The summed E-state index contributed by atoms with van der Waals surface area (Å²) >= 11 is 0. The molecule has 0 atom stereocenters. The van der Waals surface area contributed by atoms with E-state index in [1.165, 1.54) is 0 Å². The Morgan fingerprint density at radius 1 is 1.14 bits per heavy atom. The van der Waals surface area contributed by atoms with E-state index in [2.05, 4.69) is 10.2 Å². The smallest absolute Gasteiger partial charge is 0.267 e. The summed E-state index contributed by atoms with van der Waals surface area (Å²) in [4.78, 5) is 11.5. The van der Waals surface area contributed by atoms with Gasteiger partial charge in [-0.05, 0) is 24.1 Å². The molecule has 3 heteroatoms. The predicted octanol–water partition coefficient (Wildman–Crippen LogP) is 1.75. The van der Waals surface area contributed by atoms with E-state index >= 15 is 0 Å². The summed E-state index contributed by atoms with van der Waals surface area (Å²) in [5.41, 5.74) is 2.56. The van der Waals surface area contributed by atoms with Gasteiger partial charge in [-0.2, -0.15) is 5.10 Å². The molecule has 2 aromatic rings. The van der Waals surface area contributed by atoms with Gasteiger partial charge in [-0.1, -0.05) is 24.3 Å². The molecule has 1 heterocycles. The van der Waals surface area contributed by atoms with Gasteiger partial charge in [0.15, 0.2) is 0 Å². The zero-order valence-corrected chi connectivity index (χ0v) is 7.82. The van der Waals surface area contributed by atoms with Crippen LogP contribution >= 0.6 is 0 Å². The molecule has 0 aliphatic rings. The van der Waals surface area contributed by atoms with Crippen molar-refractivity contribution in [2.45, 2.75) is 6.92 Å². The number of hydrogen-bond donors (Lipinski definition) is 1. The highest BCUT2D eigenvalue weighted by Crippen LogP contribution is 2.18. The lowest BCUT2D eigenvalue weighted by molar-refractivity contribution is 0.991. The Bertz CT molecular complexity index is 502. The Morgan fingerprint density at radius 3 is 2.64 bits per heavy atom. The number of H-pyrrole nitrogens is 1. The summed E-state index contributed by atoms with van der Waals surface area (Å²) in [6, 6.07) is 9.51. The fourth-order valence-electron chi connectivity index (χ4n) is 1.43. The molecule has 70 valence electrons. The largest absolute Gasteiger partial charge is 0.272 e. The molecule has 0 bridgehead atoms. The van der Waals surface area contributed by atoms with Gasteiger partial charge in [-0.3, -0.25) is 4.79 Å². The second-order valence-corrected chi connectivity index (χ2v) is 3.11. The van der Waals surface area contributed by atoms with Gasteiger partial charge in [0.25, 0.3) is 5.56 Å². The standard InChI is InChI=1S/C11H10N2O/c1-8-4-2-3-5-9(8)10-6-7-12-13-11(10)14/h2-7H,1H3,(H,13,14). The normalized spacial score (nSPS) is 10.1. The number of hydrogen-bond acceptors (Lipinski definition) is 2. The van der Waals surface area contributed by atoms with Gasteiger partial charge >= 0.3 is 0 Å². The van der Waals surface area contributed by atoms with Gasteiger partial charge in [-0.25, -0.2) is 5.10 Å². The molecule has 0 saturated carbocycles. The Kier molecular flexibility index (Phi) is 2.14. The van der Waals surface area contributed by atoms with Crippen molar-refractivity contribution in [2.75, 3.05) is 0 Å². The minimum Gasteiger partial charge on any atom is -0.267 e. The van der Waals surface area contributed by atoms with Crippen LogP contribution in [0.3, 0.4) is 0 Å². The second-order valence-electron chi connectivity index (χ2n) is 3.11. The van der Waals surface area contributed by atoms with E-state index in [1.54, 1.807) is 12.3 Å². The molecule has 1 N–H and O–H groups in total. The zero-order chi connectivity index (χ0) is 9.97. The number of aromatic nitrogens is 2. The lowest BCUT2D eigenvalue weighted by Gasteiger charge is -2.02. The van der Waals surface area contributed by atoms with Gasteiger partial charge in [0.1, 0.15) is 0 Å². The summed E-state index contributed by atoms with van der Waals surface area (Å²) in [6.45, 7) is 1.98. The average molecular weight is 186 g/mol. The first-order valence-electron chi connectivity index (χ1n) is 4.39. The minimum atomic E-state index is -0.151. The van der Waals surface area contributed by atoms with Crippen LogP contribution in [0.15, 0.2) is 41.3 Å². The SMILES string of the molecule is Cc1ccccc1-c1ccn[nH]c1=O. The van der Waals surface area contributed by atoms with Gasteiger partial charge in [0.2, 0.25) is 0 Å². The molecule has 0 aliphatic carbocycles. The van der Waals surface area contributed by atoms with Crippen LogP contribution in [0, 0.1) is 6.92 Å². The number of nitrogens with zero attached hydrogens (tertiary/aromatic N) is 1. The number of rotatable bonds is 1. The summed E-state index contributed by atoms with van der Waals surface area (Å²) in [7, 11) is 0. The Labute approximate surface area is 81.4 Å². The van der Waals surface area contributed by atoms with Crippen LogP contribution in [0.4, 0.5) is 0 Å². The van der Waals surface area contributed by atoms with Crippen LogP contribution < -0.4 is 5.56 Å². The topological polar surface area (TPSA) is 45.8 Å². The van der Waals surface area contributed by atoms with Crippen LogP contribution in [0.5, 0.6) is 0 Å². The van der Waals surface area contributed by atoms with Crippen molar-refractivity contribution in [3.05, 3.63) is 52.4 Å². The molecule has 2 rings (SSSR count). The minimum absolute atomic E-state index is 0.151. The van der Waals surface area contributed by atoms with Crippen LogP contribution in [0.25, 0.3) is 11.1 Å². The van der Waals surface area contributed by atoms with Crippen LogP contribution in [0.2, 0.25) is 0 Å². The van der Waals surface area contributed by atoms with Crippen molar-refractivity contribution in [1.29, 1.82) is 0 Å². The van der Waals surface area contributed by atoms with E-state index in [9.17, 15) is 4.79 Å². The lowest BCUT2D eigenvalue weighted by Crippen LogP contribution is -2.09. The van der Waals surface area contributed by atoms with E-state index in [4.69, 9.17) is 0 Å². The lowest BCUT2D eigenvalue weighted by atomic mass is 10.0. The first-order valence-corrected chi connectivity index (χ1v) is 4.39. The summed E-state index contributed by atoms with van der Waals surface area (Å²) in [5.74, 6) is 0. The molecular weight excluding hydrogens is 176 g/mol. The predicted molar refractivity (Wildman–Crippen MR) is 55.0 cm³/mol. The highest BCUT2D eigenvalue weighted by atomic mass is 16.1. The third-order valence-electron chi connectivity index (χ3n) is 2.16. The molecule has 14 heavy (non-hydrogen) atoms. The van der Waals surface area contributed by atoms with Crippen LogP contribution in [0.1, 0.15) is 5.56 Å². The molecular formula is C11H10N2O. The molecule has 0 unspecified atom stereocenters. The molecule has 1 aromatic carbocycles. The third-order valence-corrected chi connectivity index (χ3v) is 2.16. The molecule has 0 fully saturated rings. The van der Waals surface area contributed by atoms with Gasteiger partial charge < -0.3 is 0 Å². The van der Waals surface area contributed by atoms with Crippen molar-refractivity contribution >= 4 is 0 Å². The Balaban J connectivity index is 2.67. The Hall–Kier alpha value is -1.90. The van der Waals surface area contributed by atoms with Gasteiger partial charge in [0, 0.05) is 6.20 Å². The van der Waals surface area contributed by atoms with E-state index in [0.717, 1.165) is 11.1 Å². The number of benzene rings is 1. The molecule has 0 radical (unpaired) electrons. The van der Waals surface area contributed by atoms with Crippen LogP contribution in [-0.4, -0.2) is 10.2 Å². The Morgan fingerprint density at radius 2 is 1.93 bits per heavy atom. The van der Waals surface area contributed by atoms with Crippen molar-refractivity contribution in [3.63, 3.8) is 0 Å². The molecule has 0 aliphatic heterocycles. The number of aryl methyl sites for hydroxylation is 1. The number of aromatic amines is 1. The molecule has 0 spiro atoms. The highest BCUT2D eigenvalue weighted by molar-refractivity contribution is 5.65. The molecule has 1 aromatic heterocycles. The maximum absolute atomic E-state index is 11.5. The summed E-state index contributed by atoms with van der Waals surface area (Å²) in [5, 5.41) is 6.08. The van der Waals surface area contributed by atoms with Crippen molar-refractivity contribution in [1.82, 2.24) is 10.2 Å². The van der Waals surface area contributed by atoms with E-state index in [-0.39, 0.29) is 5.56 Å². The fraction of sp³-hybridized carbons (Fsp3) is 0.0909. The second kappa shape index (κ2) is 3.46. The summed E-state index contributed by atoms with van der Waals surface area (Å²) < 4.78 is 0. The average Bonchev–Trinajstić information content (AvgIpc) is 2.20. The fourth-order valence-corrected chi connectivity index (χ4v) is 1.43. The van der Waals surface area contributed by atoms with Gasteiger partial charge in [-0.15, -0.1) is 0 Å². The molecule has 0 saturated heterocycles. The van der Waals surface area contributed by atoms with Crippen molar-refractivity contribution in [3.8, 4) is 11.1 Å². The quantitative estimate of drug-likeness (QED) is 0.737. The summed E-state index contributed by atoms with van der Waals surface area (Å²) in [6.07, 6.45) is 1.59. The van der Waals surface area contributed by atoms with Crippen molar-refractivity contribution < 1.29 is 0 Å². The first kappa shape index (κ1) is 8.69. The van der Waals surface area contributed by atoms with Crippen LogP contribution in [-0.2, 0) is 0 Å². The van der Waals surface area contributed by atoms with E-state index in [0.29, 0.717) is 5.56 Å². The zero-order valence-electron chi connectivity index (χ0n) is 7.82. The molecule has 3 nitrogen and oxygen atoms in total. The molecule has 0 amide bonds. The van der Waals surface area contributed by atoms with E-state index in [1.807, 2.05) is 31.2 Å². The maximum atomic E-state index is 11.5. The first-order chi connectivity index (χ1) is 6.79. The van der Waals surface area contributed by atoms with Crippen molar-refractivity contribution in [2.24, 2.45) is 0 Å². The number of nitrogens with one attached hydrogen (secondary N) is 1.